The number of hydrogen-bond donors (Lipinski definition) is 1. The van der Waals surface area contributed by atoms with Crippen LogP contribution in [0, 0.1) is 0 Å². The molecule has 5 nitrogen and oxygen atoms in total. The highest BCUT2D eigenvalue weighted by Gasteiger charge is 2.24. The number of carboxylic acids is 1. The highest BCUT2D eigenvalue weighted by molar-refractivity contribution is 5.84. The molecule has 1 N–H and O–H groups in total. The lowest BCUT2D eigenvalue weighted by Gasteiger charge is -2.27. The van der Waals surface area contributed by atoms with Crippen molar-refractivity contribution in [2.75, 3.05) is 7.11 Å². The molecule has 0 aliphatic heterocycles. The third kappa shape index (κ3) is 3.00. The molecular formula is C12H16O5. The Labute approximate surface area is 99.3 Å². The van der Waals surface area contributed by atoms with Crippen LogP contribution in [-0.4, -0.2) is 30.4 Å². The second-order valence-electron chi connectivity index (χ2n) is 4.19. The molecule has 1 aromatic rings. The highest BCUT2D eigenvalue weighted by Crippen LogP contribution is 2.26. The normalized spacial score (nSPS) is 24.5. The third-order valence-electron chi connectivity index (χ3n) is 2.99. The first-order chi connectivity index (χ1) is 8.19. The number of ether oxygens (including phenoxy) is 2. The molecule has 1 aliphatic carbocycles. The smallest absolute Gasteiger partial charge is 0.371 e. The summed E-state index contributed by atoms with van der Waals surface area (Å²) in [6.45, 7) is 0. The Morgan fingerprint density at radius 3 is 2.82 bits per heavy atom. The van der Waals surface area contributed by atoms with Gasteiger partial charge in [-0.05, 0) is 25.3 Å². The lowest BCUT2D eigenvalue weighted by atomic mass is 9.95. The third-order valence-corrected chi connectivity index (χ3v) is 2.99. The number of hydrogen-bond acceptors (Lipinski definition) is 4. The van der Waals surface area contributed by atoms with Crippen LogP contribution in [0.1, 0.15) is 36.2 Å². The van der Waals surface area contributed by atoms with Crippen LogP contribution < -0.4 is 4.74 Å². The van der Waals surface area contributed by atoms with Crippen LogP contribution in [0.4, 0.5) is 0 Å². The maximum absolute atomic E-state index is 10.6. The van der Waals surface area contributed by atoms with Gasteiger partial charge in [0, 0.05) is 19.6 Å². The van der Waals surface area contributed by atoms with Gasteiger partial charge in [-0.2, -0.15) is 0 Å². The minimum atomic E-state index is -1.08. The van der Waals surface area contributed by atoms with Gasteiger partial charge in [0.05, 0.1) is 6.10 Å². The van der Waals surface area contributed by atoms with E-state index in [0.717, 1.165) is 25.7 Å². The van der Waals surface area contributed by atoms with Crippen molar-refractivity contribution in [2.24, 2.45) is 0 Å². The molecule has 0 radical (unpaired) electrons. The zero-order valence-electron chi connectivity index (χ0n) is 9.72. The quantitative estimate of drug-likeness (QED) is 0.874. The van der Waals surface area contributed by atoms with Crippen molar-refractivity contribution in [3.05, 3.63) is 17.9 Å². The lowest BCUT2D eigenvalue weighted by molar-refractivity contribution is 0.0124. The molecule has 0 aromatic carbocycles. The average molecular weight is 240 g/mol. The molecule has 1 saturated carbocycles. The standard InChI is InChI=1S/C12H16O5/c1-15-8-3-2-4-9(7-8)16-11-6-5-10(17-11)12(13)14/h5-6,8-9H,2-4,7H2,1H3,(H,13,14). The van der Waals surface area contributed by atoms with Gasteiger partial charge in [0.2, 0.25) is 5.76 Å². The first-order valence-electron chi connectivity index (χ1n) is 5.71. The van der Waals surface area contributed by atoms with Gasteiger partial charge in [-0.3, -0.25) is 0 Å². The summed E-state index contributed by atoms with van der Waals surface area (Å²) >= 11 is 0. The SMILES string of the molecule is COC1CCCC(Oc2ccc(C(=O)O)o2)C1. The Morgan fingerprint density at radius 1 is 1.41 bits per heavy atom. The Balaban J connectivity index is 1.93. The predicted molar refractivity (Wildman–Crippen MR) is 59.3 cm³/mol. The van der Waals surface area contributed by atoms with E-state index < -0.39 is 5.97 Å². The maximum atomic E-state index is 10.6. The van der Waals surface area contributed by atoms with E-state index in [4.69, 9.17) is 19.0 Å². The van der Waals surface area contributed by atoms with E-state index in [1.165, 1.54) is 6.07 Å². The maximum Gasteiger partial charge on any atom is 0.371 e. The van der Waals surface area contributed by atoms with Gasteiger partial charge in [0.15, 0.2) is 0 Å². The van der Waals surface area contributed by atoms with E-state index in [1.807, 2.05) is 0 Å². The van der Waals surface area contributed by atoms with E-state index in [2.05, 4.69) is 0 Å². The van der Waals surface area contributed by atoms with Crippen molar-refractivity contribution in [1.29, 1.82) is 0 Å². The van der Waals surface area contributed by atoms with Crippen LogP contribution in [-0.2, 0) is 4.74 Å². The van der Waals surface area contributed by atoms with Crippen molar-refractivity contribution in [2.45, 2.75) is 37.9 Å². The van der Waals surface area contributed by atoms with Gasteiger partial charge in [0.25, 0.3) is 5.95 Å². The Bertz CT molecular complexity index is 384. The summed E-state index contributed by atoms with van der Waals surface area (Å²) in [5, 5.41) is 8.71. The highest BCUT2D eigenvalue weighted by atomic mass is 16.6. The fraction of sp³-hybridized carbons (Fsp3) is 0.583. The second-order valence-corrected chi connectivity index (χ2v) is 4.19. The van der Waals surface area contributed by atoms with Gasteiger partial charge in [-0.15, -0.1) is 0 Å². The van der Waals surface area contributed by atoms with Crippen molar-refractivity contribution in [1.82, 2.24) is 0 Å². The van der Waals surface area contributed by atoms with E-state index >= 15 is 0 Å². The van der Waals surface area contributed by atoms with Crippen LogP contribution in [0.25, 0.3) is 0 Å². The molecule has 94 valence electrons. The second kappa shape index (κ2) is 5.23. The molecule has 17 heavy (non-hydrogen) atoms. The molecule has 1 heterocycles. The van der Waals surface area contributed by atoms with Crippen LogP contribution in [0.15, 0.2) is 16.5 Å². The summed E-state index contributed by atoms with van der Waals surface area (Å²) < 4.78 is 16.0. The summed E-state index contributed by atoms with van der Waals surface area (Å²) in [5.41, 5.74) is 0. The molecule has 2 atom stereocenters. The van der Waals surface area contributed by atoms with E-state index in [0.29, 0.717) is 0 Å². The van der Waals surface area contributed by atoms with Crippen molar-refractivity contribution in [3.8, 4) is 5.95 Å². The van der Waals surface area contributed by atoms with Crippen LogP contribution in [0.5, 0.6) is 5.95 Å². The van der Waals surface area contributed by atoms with Crippen LogP contribution >= 0.6 is 0 Å². The number of rotatable bonds is 4. The molecule has 1 aliphatic rings. The van der Waals surface area contributed by atoms with Crippen molar-refractivity contribution >= 4 is 5.97 Å². The van der Waals surface area contributed by atoms with Gasteiger partial charge >= 0.3 is 5.97 Å². The van der Waals surface area contributed by atoms with E-state index in [9.17, 15) is 4.79 Å². The summed E-state index contributed by atoms with van der Waals surface area (Å²) in [5.74, 6) is -0.915. The summed E-state index contributed by atoms with van der Waals surface area (Å²) in [4.78, 5) is 10.6. The van der Waals surface area contributed by atoms with Crippen molar-refractivity contribution in [3.63, 3.8) is 0 Å². The Morgan fingerprint density at radius 2 is 2.18 bits per heavy atom. The summed E-state index contributed by atoms with van der Waals surface area (Å²) in [6.07, 6.45) is 4.14. The fourth-order valence-electron chi connectivity index (χ4n) is 2.09. The average Bonchev–Trinajstić information content (AvgIpc) is 2.78. The van der Waals surface area contributed by atoms with E-state index in [1.54, 1.807) is 13.2 Å². The first kappa shape index (κ1) is 12.0. The van der Waals surface area contributed by atoms with Crippen molar-refractivity contribution < 1.29 is 23.8 Å². The van der Waals surface area contributed by atoms with Gasteiger partial charge < -0.3 is 19.0 Å². The number of aromatic carboxylic acids is 1. The monoisotopic (exact) mass is 240 g/mol. The zero-order valence-corrected chi connectivity index (χ0v) is 9.72. The van der Waals surface area contributed by atoms with Gasteiger partial charge in [-0.1, -0.05) is 0 Å². The topological polar surface area (TPSA) is 68.9 Å². The summed E-state index contributed by atoms with van der Waals surface area (Å²) in [6, 6.07) is 2.94. The first-order valence-corrected chi connectivity index (χ1v) is 5.71. The number of methoxy groups -OCH3 is 1. The minimum Gasteiger partial charge on any atom is -0.475 e. The lowest BCUT2D eigenvalue weighted by Crippen LogP contribution is -2.29. The molecule has 5 heteroatoms. The number of carboxylic acid groups (broad SMARTS) is 1. The van der Waals surface area contributed by atoms with Gasteiger partial charge in [0.1, 0.15) is 6.10 Å². The molecule has 0 amide bonds. The zero-order chi connectivity index (χ0) is 12.3. The molecule has 0 saturated heterocycles. The molecule has 2 unspecified atom stereocenters. The largest absolute Gasteiger partial charge is 0.475 e. The van der Waals surface area contributed by atoms with Crippen LogP contribution in [0.2, 0.25) is 0 Å². The molecule has 2 rings (SSSR count). The predicted octanol–water partition coefficient (Wildman–Crippen LogP) is 2.31. The number of furan rings is 1. The molecule has 1 aromatic heterocycles. The molecule has 0 spiro atoms. The summed E-state index contributed by atoms with van der Waals surface area (Å²) in [7, 11) is 1.70. The molecule has 0 bridgehead atoms. The van der Waals surface area contributed by atoms with Crippen LogP contribution in [0.3, 0.4) is 0 Å². The Kier molecular flexibility index (Phi) is 3.68. The molecular weight excluding hydrogens is 224 g/mol. The van der Waals surface area contributed by atoms with Gasteiger partial charge in [-0.25, -0.2) is 4.79 Å². The fourth-order valence-corrected chi connectivity index (χ4v) is 2.09. The minimum absolute atomic E-state index is 0.0431. The van der Waals surface area contributed by atoms with E-state index in [-0.39, 0.29) is 23.9 Å². The number of carbonyl (C=O) groups is 1. The molecule has 1 fully saturated rings. The Hall–Kier alpha value is -1.49.